The predicted octanol–water partition coefficient (Wildman–Crippen LogP) is 4.84. The molecule has 1 aliphatic rings. The Bertz CT molecular complexity index is 1070. The van der Waals surface area contributed by atoms with Crippen LogP contribution in [0.4, 0.5) is 10.8 Å². The molecule has 0 saturated carbocycles. The lowest BCUT2D eigenvalue weighted by molar-refractivity contribution is -0.116. The molecular weight excluding hydrogens is 392 g/mol. The summed E-state index contributed by atoms with van der Waals surface area (Å²) in [5, 5.41) is 9.23. The number of benzene rings is 1. The number of carbonyl (C=O) groups excluding carboxylic acids is 2. The van der Waals surface area contributed by atoms with E-state index in [0.717, 1.165) is 39.6 Å². The van der Waals surface area contributed by atoms with Gasteiger partial charge in [0.25, 0.3) is 5.91 Å². The molecule has 1 aromatic carbocycles. The number of nitrogens with zero attached hydrogens (tertiary/aromatic N) is 2. The quantitative estimate of drug-likeness (QED) is 0.642. The van der Waals surface area contributed by atoms with Gasteiger partial charge in [-0.2, -0.15) is 0 Å². The highest BCUT2D eigenvalue weighted by molar-refractivity contribution is 7.15. The van der Waals surface area contributed by atoms with Crippen LogP contribution >= 0.6 is 22.7 Å². The summed E-state index contributed by atoms with van der Waals surface area (Å²) in [5.74, 6) is 0.180. The average Bonchev–Trinajstić information content (AvgIpc) is 3.28. The zero-order chi connectivity index (χ0) is 19.8. The van der Waals surface area contributed by atoms with Gasteiger partial charge in [-0.25, -0.2) is 9.97 Å². The van der Waals surface area contributed by atoms with Gasteiger partial charge in [0, 0.05) is 29.0 Å². The maximum atomic E-state index is 12.6. The molecule has 0 aliphatic carbocycles. The third-order valence-electron chi connectivity index (χ3n) is 4.53. The van der Waals surface area contributed by atoms with Gasteiger partial charge >= 0.3 is 0 Å². The number of carbonyl (C=O) groups is 2. The summed E-state index contributed by atoms with van der Waals surface area (Å²) >= 11 is 2.83. The lowest BCUT2D eigenvalue weighted by Gasteiger charge is -2.17. The Morgan fingerprint density at radius 3 is 2.82 bits per heavy atom. The fourth-order valence-electron chi connectivity index (χ4n) is 3.04. The fourth-order valence-corrected chi connectivity index (χ4v) is 4.71. The zero-order valence-corrected chi connectivity index (χ0v) is 17.5. The van der Waals surface area contributed by atoms with Crippen LogP contribution in [0, 0.1) is 6.92 Å². The highest BCUT2D eigenvalue weighted by Gasteiger charge is 2.19. The minimum atomic E-state index is -0.170. The minimum Gasteiger partial charge on any atom is -0.326 e. The predicted molar refractivity (Wildman–Crippen MR) is 113 cm³/mol. The van der Waals surface area contributed by atoms with Crippen molar-refractivity contribution in [2.75, 3.05) is 10.6 Å². The van der Waals surface area contributed by atoms with Crippen molar-refractivity contribution in [2.24, 2.45) is 0 Å². The fraction of sp³-hybridized carbons (Fsp3) is 0.300. The van der Waals surface area contributed by atoms with E-state index in [1.54, 1.807) is 0 Å². The Morgan fingerprint density at radius 1 is 1.25 bits per heavy atom. The van der Waals surface area contributed by atoms with E-state index in [9.17, 15) is 9.59 Å². The van der Waals surface area contributed by atoms with Gasteiger partial charge < -0.3 is 5.32 Å². The number of aryl methyl sites for hydroxylation is 2. The summed E-state index contributed by atoms with van der Waals surface area (Å²) in [6, 6.07) is 5.90. The number of amides is 2. The molecule has 0 fully saturated rings. The van der Waals surface area contributed by atoms with Gasteiger partial charge in [0.1, 0.15) is 4.88 Å². The van der Waals surface area contributed by atoms with Crippen molar-refractivity contribution in [3.05, 3.63) is 44.7 Å². The number of fused-ring (bicyclic) bond motifs is 1. The molecule has 8 heteroatoms. The van der Waals surface area contributed by atoms with Crippen LogP contribution in [0.25, 0.3) is 11.3 Å². The summed E-state index contributed by atoms with van der Waals surface area (Å²) in [6.45, 7) is 5.99. The molecule has 0 radical (unpaired) electrons. The normalized spacial score (nSPS) is 13.4. The standard InChI is InChI=1S/C20H20N4O2S2/c1-10(2)19-21-11(3)17(28-19)18(26)24-20-23-15(9-27-20)13-4-6-14-12(8-13)5-7-16(25)22-14/h4,6,8-10H,5,7H2,1-3H3,(H,22,25)(H,23,24,26). The summed E-state index contributed by atoms with van der Waals surface area (Å²) < 4.78 is 0. The summed E-state index contributed by atoms with van der Waals surface area (Å²) in [4.78, 5) is 33.8. The Kier molecular flexibility index (Phi) is 4.99. The first-order chi connectivity index (χ1) is 13.4. The Morgan fingerprint density at radius 2 is 2.07 bits per heavy atom. The van der Waals surface area contributed by atoms with Crippen molar-refractivity contribution in [3.63, 3.8) is 0 Å². The van der Waals surface area contributed by atoms with Gasteiger partial charge in [0.2, 0.25) is 5.91 Å². The average molecular weight is 413 g/mol. The molecule has 3 aromatic rings. The van der Waals surface area contributed by atoms with Crippen molar-refractivity contribution in [1.82, 2.24) is 9.97 Å². The molecule has 0 atom stereocenters. The highest BCUT2D eigenvalue weighted by atomic mass is 32.1. The summed E-state index contributed by atoms with van der Waals surface area (Å²) in [7, 11) is 0. The first-order valence-electron chi connectivity index (χ1n) is 9.08. The summed E-state index contributed by atoms with van der Waals surface area (Å²) in [6.07, 6.45) is 1.23. The lowest BCUT2D eigenvalue weighted by Crippen LogP contribution is -2.18. The second kappa shape index (κ2) is 7.44. The van der Waals surface area contributed by atoms with Crippen LogP contribution in [0.2, 0.25) is 0 Å². The molecule has 1 aliphatic heterocycles. The van der Waals surface area contributed by atoms with Crippen molar-refractivity contribution >= 4 is 45.3 Å². The highest BCUT2D eigenvalue weighted by Crippen LogP contribution is 2.31. The number of anilines is 2. The maximum Gasteiger partial charge on any atom is 0.269 e. The van der Waals surface area contributed by atoms with Crippen LogP contribution in [0.1, 0.15) is 52.1 Å². The topological polar surface area (TPSA) is 84.0 Å². The molecule has 0 unspecified atom stereocenters. The lowest BCUT2D eigenvalue weighted by atomic mass is 9.99. The van der Waals surface area contributed by atoms with Gasteiger partial charge in [-0.1, -0.05) is 19.9 Å². The zero-order valence-electron chi connectivity index (χ0n) is 15.8. The Balaban J connectivity index is 1.52. The first kappa shape index (κ1) is 18.8. The molecule has 2 N–H and O–H groups in total. The Labute approximate surface area is 171 Å². The van der Waals surface area contributed by atoms with Gasteiger partial charge in [-0.3, -0.25) is 14.9 Å². The molecule has 0 spiro atoms. The van der Waals surface area contributed by atoms with Crippen molar-refractivity contribution in [2.45, 2.75) is 39.5 Å². The second-order valence-electron chi connectivity index (χ2n) is 7.03. The first-order valence-corrected chi connectivity index (χ1v) is 10.8. The van der Waals surface area contributed by atoms with Gasteiger partial charge in [-0.05, 0) is 31.0 Å². The smallest absolute Gasteiger partial charge is 0.269 e. The van der Waals surface area contributed by atoms with Gasteiger partial charge in [0.15, 0.2) is 5.13 Å². The minimum absolute atomic E-state index is 0.0536. The number of hydrogen-bond donors (Lipinski definition) is 2. The molecule has 3 heterocycles. The van der Waals surface area contributed by atoms with Crippen molar-refractivity contribution in [3.8, 4) is 11.3 Å². The van der Waals surface area contributed by atoms with E-state index in [1.165, 1.54) is 22.7 Å². The molecule has 144 valence electrons. The van der Waals surface area contributed by atoms with E-state index >= 15 is 0 Å². The molecular formula is C20H20N4O2S2. The van der Waals surface area contributed by atoms with Crippen LogP contribution in [-0.2, 0) is 11.2 Å². The number of rotatable bonds is 4. The van der Waals surface area contributed by atoms with Crippen LogP contribution < -0.4 is 10.6 Å². The SMILES string of the molecule is Cc1nc(C(C)C)sc1C(=O)Nc1nc(-c2ccc3c(c2)CCC(=O)N3)cs1. The molecule has 0 saturated heterocycles. The van der Waals surface area contributed by atoms with Crippen LogP contribution in [0.15, 0.2) is 23.6 Å². The number of aromatic nitrogens is 2. The molecule has 2 aromatic heterocycles. The second-order valence-corrected chi connectivity index (χ2v) is 8.92. The summed E-state index contributed by atoms with van der Waals surface area (Å²) in [5.41, 5.74) is 4.51. The van der Waals surface area contributed by atoms with E-state index in [2.05, 4.69) is 40.5 Å². The number of thiazole rings is 2. The number of hydrogen-bond acceptors (Lipinski definition) is 6. The third-order valence-corrected chi connectivity index (χ3v) is 6.75. The van der Waals surface area contributed by atoms with E-state index in [4.69, 9.17) is 0 Å². The van der Waals surface area contributed by atoms with E-state index in [-0.39, 0.29) is 11.8 Å². The number of nitrogens with one attached hydrogen (secondary N) is 2. The third kappa shape index (κ3) is 3.70. The van der Waals surface area contributed by atoms with Crippen LogP contribution in [0.5, 0.6) is 0 Å². The molecule has 2 amide bonds. The van der Waals surface area contributed by atoms with Crippen LogP contribution in [0.3, 0.4) is 0 Å². The van der Waals surface area contributed by atoms with E-state index < -0.39 is 0 Å². The molecule has 28 heavy (non-hydrogen) atoms. The van der Waals surface area contributed by atoms with E-state index in [0.29, 0.717) is 22.3 Å². The Hall–Kier alpha value is -2.58. The maximum absolute atomic E-state index is 12.6. The van der Waals surface area contributed by atoms with Gasteiger partial charge in [0.05, 0.1) is 16.4 Å². The van der Waals surface area contributed by atoms with Gasteiger partial charge in [-0.15, -0.1) is 22.7 Å². The molecule has 4 rings (SSSR count). The van der Waals surface area contributed by atoms with Crippen molar-refractivity contribution < 1.29 is 9.59 Å². The van der Waals surface area contributed by atoms with Crippen LogP contribution in [-0.4, -0.2) is 21.8 Å². The molecule has 0 bridgehead atoms. The molecule has 6 nitrogen and oxygen atoms in total. The van der Waals surface area contributed by atoms with Crippen molar-refractivity contribution in [1.29, 1.82) is 0 Å². The monoisotopic (exact) mass is 412 g/mol. The largest absolute Gasteiger partial charge is 0.326 e. The van der Waals surface area contributed by atoms with E-state index in [1.807, 2.05) is 24.4 Å².